The molecule has 41 heavy (non-hydrogen) atoms. The number of rotatable bonds is 24. The summed E-state index contributed by atoms with van der Waals surface area (Å²) in [7, 11) is 0. The molecule has 0 rings (SSSR count). The third-order valence-electron chi connectivity index (χ3n) is 7.12. The van der Waals surface area contributed by atoms with E-state index in [4.69, 9.17) is 15.6 Å². The van der Waals surface area contributed by atoms with E-state index < -0.39 is 43.1 Å². The fourth-order valence-corrected chi connectivity index (χ4v) is 13.8. The van der Waals surface area contributed by atoms with E-state index in [9.17, 15) is 19.2 Å². The predicted molar refractivity (Wildman–Crippen MR) is 164 cm³/mol. The van der Waals surface area contributed by atoms with Crippen LogP contribution in [0.1, 0.15) is 119 Å². The van der Waals surface area contributed by atoms with Crippen molar-refractivity contribution < 1.29 is 34.8 Å². The molecule has 0 bridgehead atoms. The van der Waals surface area contributed by atoms with Crippen LogP contribution in [0.5, 0.6) is 0 Å². The van der Waals surface area contributed by atoms with E-state index in [1.165, 1.54) is 0 Å². The SMILES string of the molecule is CCCC[C@@H](CC)COC(=O)/C=C\C(=O)[O][Sn]([CH2]CCC)([CH2]CCC)[O]C(=O)/C=C\C(=O)OC[C@@H](CC)CCCC. The molecule has 0 unspecified atom stereocenters. The van der Waals surface area contributed by atoms with E-state index >= 15 is 0 Å². The second kappa shape index (κ2) is 24.7. The third-order valence-corrected chi connectivity index (χ3v) is 16.8. The summed E-state index contributed by atoms with van der Waals surface area (Å²) < 4.78 is 23.4. The summed E-state index contributed by atoms with van der Waals surface area (Å²) in [6.07, 6.45) is 15.6. The summed E-state index contributed by atoms with van der Waals surface area (Å²) in [5, 5.41) is 0. The second-order valence-electron chi connectivity index (χ2n) is 10.7. The van der Waals surface area contributed by atoms with Crippen molar-refractivity contribution in [1.29, 1.82) is 0 Å². The number of hydrogen-bond donors (Lipinski definition) is 0. The van der Waals surface area contributed by atoms with Gasteiger partial charge in [-0.1, -0.05) is 0 Å². The van der Waals surface area contributed by atoms with Crippen molar-refractivity contribution in [1.82, 2.24) is 0 Å². The topological polar surface area (TPSA) is 105 Å². The maximum atomic E-state index is 12.8. The normalized spacial score (nSPS) is 13.2. The molecule has 0 fully saturated rings. The Balaban J connectivity index is 5.30. The molecule has 0 spiro atoms. The Bertz CT molecular complexity index is 742. The fourth-order valence-electron chi connectivity index (χ4n) is 4.24. The van der Waals surface area contributed by atoms with Gasteiger partial charge in [0.05, 0.1) is 0 Å². The molecule has 2 atom stereocenters. The van der Waals surface area contributed by atoms with Crippen molar-refractivity contribution in [3.8, 4) is 0 Å². The first-order valence-electron chi connectivity index (χ1n) is 15.8. The van der Waals surface area contributed by atoms with Crippen molar-refractivity contribution in [2.24, 2.45) is 11.8 Å². The number of ether oxygens (including phenoxy) is 2. The maximum absolute atomic E-state index is 12.8. The molecule has 0 amide bonds. The van der Waals surface area contributed by atoms with E-state index in [1.54, 1.807) is 0 Å². The molecule has 0 aliphatic rings. The van der Waals surface area contributed by atoms with Crippen LogP contribution in [0.25, 0.3) is 0 Å². The Hall–Kier alpha value is -1.84. The van der Waals surface area contributed by atoms with Gasteiger partial charge in [-0.3, -0.25) is 0 Å². The quantitative estimate of drug-likeness (QED) is 0.0577. The van der Waals surface area contributed by atoms with Gasteiger partial charge in [-0.15, -0.1) is 0 Å². The van der Waals surface area contributed by atoms with Crippen molar-refractivity contribution in [3.05, 3.63) is 24.3 Å². The van der Waals surface area contributed by atoms with E-state index in [0.29, 0.717) is 33.9 Å². The van der Waals surface area contributed by atoms with Gasteiger partial charge in [-0.05, 0) is 0 Å². The van der Waals surface area contributed by atoms with E-state index in [0.717, 1.165) is 101 Å². The monoisotopic (exact) mass is 688 g/mol. The van der Waals surface area contributed by atoms with Crippen LogP contribution in [0.15, 0.2) is 24.3 Å². The molecule has 8 nitrogen and oxygen atoms in total. The van der Waals surface area contributed by atoms with Crippen LogP contribution < -0.4 is 0 Å². The molecular formula is C32H56O8Sn. The predicted octanol–water partition coefficient (Wildman–Crippen LogP) is 7.75. The van der Waals surface area contributed by atoms with Gasteiger partial charge < -0.3 is 0 Å². The Morgan fingerprint density at radius 2 is 0.878 bits per heavy atom. The van der Waals surface area contributed by atoms with Crippen LogP contribution in [0, 0.1) is 11.8 Å². The van der Waals surface area contributed by atoms with Crippen LogP contribution in [0.3, 0.4) is 0 Å². The van der Waals surface area contributed by atoms with Crippen LogP contribution in [-0.4, -0.2) is 56.3 Å². The van der Waals surface area contributed by atoms with Crippen molar-refractivity contribution in [2.75, 3.05) is 13.2 Å². The van der Waals surface area contributed by atoms with Gasteiger partial charge >= 0.3 is 255 Å². The molecule has 0 aromatic rings. The molecule has 0 radical (unpaired) electrons. The van der Waals surface area contributed by atoms with Crippen molar-refractivity contribution in [2.45, 2.75) is 127 Å². The summed E-state index contributed by atoms with van der Waals surface area (Å²) in [6.45, 7) is 13.0. The summed E-state index contributed by atoms with van der Waals surface area (Å²) in [5.41, 5.74) is 0. The molecule has 0 saturated heterocycles. The average molecular weight is 688 g/mol. The van der Waals surface area contributed by atoms with E-state index in [-0.39, 0.29) is 0 Å². The number of unbranched alkanes of at least 4 members (excludes halogenated alkanes) is 4. The summed E-state index contributed by atoms with van der Waals surface area (Å²) >= 11 is -4.26. The zero-order valence-corrected chi connectivity index (χ0v) is 29.4. The number of carbonyl (C=O) groups excluding carboxylic acids is 4. The number of carbonyl (C=O) groups is 4. The Labute approximate surface area is 253 Å². The molecule has 0 heterocycles. The third kappa shape index (κ3) is 19.8. The zero-order chi connectivity index (χ0) is 30.9. The van der Waals surface area contributed by atoms with E-state index in [2.05, 4.69) is 27.7 Å². The molecular weight excluding hydrogens is 631 g/mol. The summed E-state index contributed by atoms with van der Waals surface area (Å²) in [5.74, 6) is -2.03. The standard InChI is InChI=1S/2C12H20O4.2C4H9.Sn/c2*1-3-5-6-10(4-2)9-16-12(15)8-7-11(13)14;2*1-3-4-2;/h2*7-8,10H,3-6,9H2,1-2H3,(H,13,14);2*1,3-4H2,2H3;/q;;;;+2/p-2/b2*8-7-;;;/t2*10-;;;/m10.../s1. The van der Waals surface area contributed by atoms with Gasteiger partial charge in [0.2, 0.25) is 0 Å². The molecule has 9 heteroatoms. The van der Waals surface area contributed by atoms with Crippen LogP contribution >= 0.6 is 0 Å². The molecule has 236 valence electrons. The second-order valence-corrected chi connectivity index (χ2v) is 19.9. The molecule has 0 aliphatic heterocycles. The first kappa shape index (κ1) is 39.2. The first-order valence-corrected chi connectivity index (χ1v) is 22.2. The molecule has 0 saturated carbocycles. The van der Waals surface area contributed by atoms with Crippen LogP contribution in [0.4, 0.5) is 0 Å². The Kier molecular flexibility index (Phi) is 23.6. The first-order chi connectivity index (χ1) is 19.7. The molecule has 0 aromatic heterocycles. The van der Waals surface area contributed by atoms with Gasteiger partial charge in [-0.25, -0.2) is 0 Å². The van der Waals surface area contributed by atoms with Gasteiger partial charge in [0.15, 0.2) is 0 Å². The molecule has 0 N–H and O–H groups in total. The summed E-state index contributed by atoms with van der Waals surface area (Å²) in [4.78, 5) is 50.0. The average Bonchev–Trinajstić information content (AvgIpc) is 2.97. The fraction of sp³-hybridized carbons (Fsp3) is 0.750. The summed E-state index contributed by atoms with van der Waals surface area (Å²) in [6, 6.07) is 0. The zero-order valence-electron chi connectivity index (χ0n) is 26.5. The van der Waals surface area contributed by atoms with Crippen LogP contribution in [-0.2, 0) is 34.8 Å². The van der Waals surface area contributed by atoms with Crippen LogP contribution in [0.2, 0.25) is 8.87 Å². The van der Waals surface area contributed by atoms with Crippen molar-refractivity contribution in [3.63, 3.8) is 0 Å². The molecule has 0 aliphatic carbocycles. The minimum atomic E-state index is -4.26. The Morgan fingerprint density at radius 3 is 1.20 bits per heavy atom. The number of hydrogen-bond acceptors (Lipinski definition) is 8. The van der Waals surface area contributed by atoms with E-state index in [1.807, 2.05) is 13.8 Å². The minimum absolute atomic E-state index is 0.296. The Morgan fingerprint density at radius 1 is 0.537 bits per heavy atom. The van der Waals surface area contributed by atoms with Crippen molar-refractivity contribution >= 4 is 43.1 Å². The molecule has 0 aromatic carbocycles. The van der Waals surface area contributed by atoms with Gasteiger partial charge in [0.25, 0.3) is 0 Å². The van der Waals surface area contributed by atoms with Gasteiger partial charge in [0.1, 0.15) is 0 Å². The van der Waals surface area contributed by atoms with Gasteiger partial charge in [-0.2, -0.15) is 0 Å². The van der Waals surface area contributed by atoms with Gasteiger partial charge in [0, 0.05) is 0 Å². The number of esters is 2.